The van der Waals surface area contributed by atoms with Gasteiger partial charge in [0.2, 0.25) is 0 Å². The molecule has 1 rings (SSSR count). The SMILES string of the molecule is COC(=O)OC[C@H]1OC(OC)[C@@H](F)[C@@H]1OC(=O)OC. The monoisotopic (exact) mass is 282 g/mol. The molecule has 0 aromatic carbocycles. The summed E-state index contributed by atoms with van der Waals surface area (Å²) in [5.41, 5.74) is 0. The molecule has 19 heavy (non-hydrogen) atoms. The van der Waals surface area contributed by atoms with Crippen LogP contribution < -0.4 is 0 Å². The Morgan fingerprint density at radius 3 is 2.32 bits per heavy atom. The summed E-state index contributed by atoms with van der Waals surface area (Å²) >= 11 is 0. The van der Waals surface area contributed by atoms with Crippen molar-refractivity contribution < 1.29 is 42.4 Å². The minimum Gasteiger partial charge on any atom is -0.438 e. The van der Waals surface area contributed by atoms with Crippen LogP contribution in [0.25, 0.3) is 0 Å². The number of alkyl halides is 1. The molecule has 110 valence electrons. The molecule has 1 aliphatic heterocycles. The van der Waals surface area contributed by atoms with Crippen LogP contribution in [0.4, 0.5) is 14.0 Å². The third-order valence-corrected chi connectivity index (χ3v) is 2.41. The average Bonchev–Trinajstić information content (AvgIpc) is 2.72. The second kappa shape index (κ2) is 7.10. The molecular weight excluding hydrogens is 267 g/mol. The van der Waals surface area contributed by atoms with Crippen LogP contribution >= 0.6 is 0 Å². The van der Waals surface area contributed by atoms with Gasteiger partial charge in [-0.2, -0.15) is 0 Å². The molecule has 0 bridgehead atoms. The minimum absolute atomic E-state index is 0.353. The number of methoxy groups -OCH3 is 3. The molecular formula is C10H15FO8. The summed E-state index contributed by atoms with van der Waals surface area (Å²) in [4.78, 5) is 21.8. The fourth-order valence-electron chi connectivity index (χ4n) is 1.51. The van der Waals surface area contributed by atoms with Crippen molar-refractivity contribution in [3.63, 3.8) is 0 Å². The summed E-state index contributed by atoms with van der Waals surface area (Å²) in [7, 11) is 3.44. The van der Waals surface area contributed by atoms with E-state index >= 15 is 0 Å². The van der Waals surface area contributed by atoms with Crippen molar-refractivity contribution in [1.29, 1.82) is 0 Å². The number of carbonyl (C=O) groups excluding carboxylic acids is 2. The quantitative estimate of drug-likeness (QED) is 0.693. The predicted molar refractivity (Wildman–Crippen MR) is 56.2 cm³/mol. The standard InChI is InChI=1S/C10H15FO8/c1-14-8-6(11)7(19-10(13)16-3)5(18-8)4-17-9(12)15-2/h5-8H,4H2,1-3H3/t5-,6+,7-,8?/m1/s1. The zero-order valence-electron chi connectivity index (χ0n) is 10.7. The summed E-state index contributed by atoms with van der Waals surface area (Å²) in [6.07, 6.45) is -7.30. The molecule has 1 aliphatic rings. The van der Waals surface area contributed by atoms with E-state index in [2.05, 4.69) is 14.2 Å². The van der Waals surface area contributed by atoms with Crippen LogP contribution in [0.1, 0.15) is 0 Å². The largest absolute Gasteiger partial charge is 0.508 e. The highest BCUT2D eigenvalue weighted by molar-refractivity contribution is 5.60. The summed E-state index contributed by atoms with van der Waals surface area (Å²) in [5, 5.41) is 0. The van der Waals surface area contributed by atoms with E-state index in [0.717, 1.165) is 14.2 Å². The first-order valence-corrected chi connectivity index (χ1v) is 5.31. The molecule has 0 aromatic heterocycles. The maximum absolute atomic E-state index is 13.9. The fraction of sp³-hybridized carbons (Fsp3) is 0.800. The molecule has 1 fully saturated rings. The summed E-state index contributed by atoms with van der Waals surface area (Å²) in [5.74, 6) is 0. The summed E-state index contributed by atoms with van der Waals surface area (Å²) in [6, 6.07) is 0. The minimum atomic E-state index is -1.73. The number of ether oxygens (including phenoxy) is 6. The lowest BCUT2D eigenvalue weighted by molar-refractivity contribution is -0.143. The Balaban J connectivity index is 2.63. The fourth-order valence-corrected chi connectivity index (χ4v) is 1.51. The van der Waals surface area contributed by atoms with Gasteiger partial charge in [-0.15, -0.1) is 0 Å². The van der Waals surface area contributed by atoms with Crippen molar-refractivity contribution in [2.75, 3.05) is 27.9 Å². The van der Waals surface area contributed by atoms with Gasteiger partial charge in [0.25, 0.3) is 0 Å². The normalized spacial score (nSPS) is 29.7. The Morgan fingerprint density at radius 2 is 1.79 bits per heavy atom. The van der Waals surface area contributed by atoms with Crippen LogP contribution in [0.2, 0.25) is 0 Å². The van der Waals surface area contributed by atoms with E-state index in [1.165, 1.54) is 7.11 Å². The highest BCUT2D eigenvalue weighted by Crippen LogP contribution is 2.27. The van der Waals surface area contributed by atoms with Crippen LogP contribution in [-0.4, -0.2) is 64.9 Å². The zero-order chi connectivity index (χ0) is 14.4. The Bertz CT molecular complexity index is 323. The van der Waals surface area contributed by atoms with Gasteiger partial charge in [0, 0.05) is 7.11 Å². The van der Waals surface area contributed by atoms with E-state index in [1.807, 2.05) is 0 Å². The Morgan fingerprint density at radius 1 is 1.16 bits per heavy atom. The lowest BCUT2D eigenvalue weighted by atomic mass is 10.1. The molecule has 0 N–H and O–H groups in total. The van der Waals surface area contributed by atoms with Gasteiger partial charge >= 0.3 is 12.3 Å². The number of carbonyl (C=O) groups is 2. The highest BCUT2D eigenvalue weighted by Gasteiger charge is 2.49. The van der Waals surface area contributed by atoms with E-state index in [0.29, 0.717) is 0 Å². The average molecular weight is 282 g/mol. The molecule has 0 saturated carbocycles. The van der Waals surface area contributed by atoms with Crippen LogP contribution in [0, 0.1) is 0 Å². The van der Waals surface area contributed by atoms with Gasteiger partial charge in [-0.3, -0.25) is 0 Å². The number of hydrogen-bond donors (Lipinski definition) is 0. The Hall–Kier alpha value is -1.61. The van der Waals surface area contributed by atoms with Gasteiger partial charge < -0.3 is 28.4 Å². The van der Waals surface area contributed by atoms with E-state index in [9.17, 15) is 14.0 Å². The molecule has 8 nitrogen and oxygen atoms in total. The maximum Gasteiger partial charge on any atom is 0.508 e. The molecule has 9 heteroatoms. The summed E-state index contributed by atoms with van der Waals surface area (Å²) < 4.78 is 41.5. The van der Waals surface area contributed by atoms with Crippen molar-refractivity contribution >= 4 is 12.3 Å². The summed E-state index contributed by atoms with van der Waals surface area (Å²) in [6.45, 7) is -0.353. The van der Waals surface area contributed by atoms with Crippen LogP contribution in [0.15, 0.2) is 0 Å². The van der Waals surface area contributed by atoms with Crippen LogP contribution in [-0.2, 0) is 28.4 Å². The van der Waals surface area contributed by atoms with Gasteiger partial charge in [-0.25, -0.2) is 14.0 Å². The molecule has 1 unspecified atom stereocenters. The van der Waals surface area contributed by atoms with Crippen LogP contribution in [0.5, 0.6) is 0 Å². The lowest BCUT2D eigenvalue weighted by Crippen LogP contribution is -2.37. The van der Waals surface area contributed by atoms with Crippen molar-refractivity contribution in [2.24, 2.45) is 0 Å². The van der Waals surface area contributed by atoms with Crippen LogP contribution in [0.3, 0.4) is 0 Å². The topological polar surface area (TPSA) is 89.5 Å². The van der Waals surface area contributed by atoms with Crippen molar-refractivity contribution in [3.8, 4) is 0 Å². The lowest BCUT2D eigenvalue weighted by Gasteiger charge is -2.18. The van der Waals surface area contributed by atoms with E-state index in [4.69, 9.17) is 14.2 Å². The first-order valence-electron chi connectivity index (χ1n) is 5.31. The van der Waals surface area contributed by atoms with E-state index < -0.39 is 37.0 Å². The second-order valence-corrected chi connectivity index (χ2v) is 3.52. The van der Waals surface area contributed by atoms with Gasteiger partial charge in [-0.05, 0) is 0 Å². The highest BCUT2D eigenvalue weighted by atomic mass is 19.1. The molecule has 1 saturated heterocycles. The zero-order valence-corrected chi connectivity index (χ0v) is 10.7. The molecule has 0 aliphatic carbocycles. The predicted octanol–water partition coefficient (Wildman–Crippen LogP) is 0.630. The first kappa shape index (κ1) is 15.4. The van der Waals surface area contributed by atoms with Crippen molar-refractivity contribution in [1.82, 2.24) is 0 Å². The van der Waals surface area contributed by atoms with Crippen molar-refractivity contribution in [2.45, 2.75) is 24.7 Å². The third kappa shape index (κ3) is 3.93. The molecule has 0 aromatic rings. The van der Waals surface area contributed by atoms with Gasteiger partial charge in [0.1, 0.15) is 12.7 Å². The first-order chi connectivity index (χ1) is 9.03. The van der Waals surface area contributed by atoms with Gasteiger partial charge in [-0.1, -0.05) is 0 Å². The van der Waals surface area contributed by atoms with Gasteiger partial charge in [0.15, 0.2) is 18.6 Å². The Labute approximate surface area is 108 Å². The molecule has 0 amide bonds. The third-order valence-electron chi connectivity index (χ3n) is 2.41. The smallest absolute Gasteiger partial charge is 0.438 e. The second-order valence-electron chi connectivity index (χ2n) is 3.52. The molecule has 1 heterocycles. The van der Waals surface area contributed by atoms with E-state index in [-0.39, 0.29) is 6.61 Å². The number of halogens is 1. The molecule has 0 radical (unpaired) electrons. The maximum atomic E-state index is 13.9. The molecule has 4 atom stereocenters. The van der Waals surface area contributed by atoms with Crippen molar-refractivity contribution in [3.05, 3.63) is 0 Å². The Kier molecular flexibility index (Phi) is 5.77. The van der Waals surface area contributed by atoms with E-state index in [1.54, 1.807) is 0 Å². The molecule has 0 spiro atoms. The van der Waals surface area contributed by atoms with Gasteiger partial charge in [0.05, 0.1) is 14.2 Å². The number of rotatable bonds is 4. The number of hydrogen-bond acceptors (Lipinski definition) is 8.